The predicted octanol–water partition coefficient (Wildman–Crippen LogP) is 3.54. The van der Waals surface area contributed by atoms with Crippen LogP contribution >= 0.6 is 11.6 Å². The fraction of sp³-hybridized carbons (Fsp3) is 0.571. The van der Waals surface area contributed by atoms with Gasteiger partial charge in [0.05, 0.1) is 11.6 Å². The molecule has 5 heteroatoms. The van der Waals surface area contributed by atoms with Crippen LogP contribution in [0.5, 0.6) is 5.88 Å². The fourth-order valence-electron chi connectivity index (χ4n) is 2.68. The van der Waals surface area contributed by atoms with Crippen LogP contribution in [0, 0.1) is 0 Å². The van der Waals surface area contributed by atoms with Crippen molar-refractivity contribution in [2.24, 2.45) is 0 Å². The summed E-state index contributed by atoms with van der Waals surface area (Å²) >= 11 is 5.93. The molecule has 4 nitrogen and oxygen atoms in total. The highest BCUT2D eigenvalue weighted by atomic mass is 35.5. The van der Waals surface area contributed by atoms with Crippen molar-refractivity contribution in [1.82, 2.24) is 14.8 Å². The lowest BCUT2D eigenvalue weighted by atomic mass is 10.2. The van der Waals surface area contributed by atoms with Crippen molar-refractivity contribution in [3.8, 4) is 5.88 Å². The minimum absolute atomic E-state index is 0.417. The van der Waals surface area contributed by atoms with Crippen molar-refractivity contribution in [3.63, 3.8) is 0 Å². The predicted molar refractivity (Wildman–Crippen MR) is 77.9 cm³/mol. The van der Waals surface area contributed by atoms with Crippen LogP contribution in [-0.4, -0.2) is 20.3 Å². The maximum absolute atomic E-state index is 5.93. The Labute approximate surface area is 118 Å². The summed E-state index contributed by atoms with van der Waals surface area (Å²) < 4.78 is 7.94. The van der Waals surface area contributed by atoms with Gasteiger partial charge < -0.3 is 9.30 Å². The first kappa shape index (κ1) is 14.1. The van der Waals surface area contributed by atoms with Crippen molar-refractivity contribution in [1.29, 1.82) is 0 Å². The van der Waals surface area contributed by atoms with Gasteiger partial charge in [0.2, 0.25) is 5.88 Å². The number of nitrogens with zero attached hydrogens (tertiary/aromatic N) is 3. The van der Waals surface area contributed by atoms with E-state index < -0.39 is 5.56 Å². The Morgan fingerprint density at radius 1 is 1.26 bits per heavy atom. The van der Waals surface area contributed by atoms with Gasteiger partial charge in [-0.25, -0.2) is 0 Å². The summed E-state index contributed by atoms with van der Waals surface area (Å²) in [4.78, 5) is 0. The molecule has 0 bridgehead atoms. The summed E-state index contributed by atoms with van der Waals surface area (Å²) in [5, 5.41) is 10.3. The third-order valence-electron chi connectivity index (χ3n) is 3.33. The smallest absolute Gasteiger partial charge is 0.244 e. The second-order valence-electron chi connectivity index (χ2n) is 4.44. The molecule has 1 unspecified atom stereocenters. The van der Waals surface area contributed by atoms with Crippen LogP contribution in [-0.2, 0) is 19.4 Å². The van der Waals surface area contributed by atoms with E-state index in [1.165, 1.54) is 11.4 Å². The van der Waals surface area contributed by atoms with Gasteiger partial charge in [-0.05, 0) is 26.7 Å². The van der Waals surface area contributed by atoms with Gasteiger partial charge in [-0.3, -0.25) is 0 Å². The summed E-state index contributed by atoms with van der Waals surface area (Å²) in [6.45, 7) is 9.19. The van der Waals surface area contributed by atoms with E-state index in [0.29, 0.717) is 5.88 Å². The molecule has 0 aliphatic rings. The van der Waals surface area contributed by atoms with E-state index in [1.54, 1.807) is 6.92 Å². The average molecular weight is 282 g/mol. The Hall–Kier alpha value is -1.29. The number of hydrogen-bond acceptors (Lipinski definition) is 3. The molecule has 2 aromatic rings. The van der Waals surface area contributed by atoms with E-state index in [0.717, 1.165) is 30.2 Å². The van der Waals surface area contributed by atoms with Crippen LogP contribution in [0.4, 0.5) is 0 Å². The van der Waals surface area contributed by atoms with Crippen LogP contribution < -0.4 is 4.74 Å². The molecule has 0 aliphatic carbocycles. The first-order valence-electron chi connectivity index (χ1n) is 6.80. The lowest BCUT2D eigenvalue weighted by molar-refractivity contribution is 0.290. The van der Waals surface area contributed by atoms with Crippen molar-refractivity contribution in [3.05, 3.63) is 17.6 Å². The summed E-state index contributed by atoms with van der Waals surface area (Å²) in [6, 6.07) is 0. The zero-order valence-corrected chi connectivity index (χ0v) is 12.7. The monoisotopic (exact) mass is 281 g/mol. The first-order valence-corrected chi connectivity index (χ1v) is 7.23. The number of aryl methyl sites for hydroxylation is 2. The molecule has 104 valence electrons. The van der Waals surface area contributed by atoms with Crippen LogP contribution in [0.2, 0.25) is 0 Å². The molecule has 0 spiro atoms. The number of halogens is 1. The number of aromatic nitrogens is 3. The Kier molecular flexibility index (Phi) is 4.30. The highest BCUT2D eigenvalue weighted by Gasteiger charge is 2.19. The molecule has 0 N–H and O–H groups in total. The minimum atomic E-state index is -0.417. The molecule has 1 atom stereocenters. The van der Waals surface area contributed by atoms with Gasteiger partial charge in [-0.2, -0.15) is 5.10 Å². The van der Waals surface area contributed by atoms with E-state index in [2.05, 4.69) is 35.5 Å². The molecule has 0 amide bonds. The Bertz CT molecular complexity index is 578. The van der Waals surface area contributed by atoms with Crippen molar-refractivity contribution >= 4 is 22.4 Å². The zero-order valence-electron chi connectivity index (χ0n) is 11.9. The van der Waals surface area contributed by atoms with Crippen molar-refractivity contribution in [2.45, 2.75) is 52.6 Å². The Balaban J connectivity index is 2.76. The largest absolute Gasteiger partial charge is 0.457 e. The molecule has 2 rings (SSSR count). The lowest BCUT2D eigenvalue weighted by Crippen LogP contribution is -2.06. The number of rotatable bonds is 5. The molecule has 0 radical (unpaired) electrons. The van der Waals surface area contributed by atoms with E-state index in [1.807, 2.05) is 6.20 Å². The van der Waals surface area contributed by atoms with Gasteiger partial charge in [0, 0.05) is 23.3 Å². The van der Waals surface area contributed by atoms with Crippen LogP contribution in [0.15, 0.2) is 6.20 Å². The molecular weight excluding hydrogens is 262 g/mol. The van der Waals surface area contributed by atoms with E-state index >= 15 is 0 Å². The van der Waals surface area contributed by atoms with Gasteiger partial charge >= 0.3 is 0 Å². The van der Waals surface area contributed by atoms with Crippen LogP contribution in [0.3, 0.4) is 0 Å². The lowest BCUT2D eigenvalue weighted by Gasteiger charge is -2.09. The molecule has 0 fully saturated rings. The Morgan fingerprint density at radius 3 is 2.47 bits per heavy atom. The maximum atomic E-state index is 5.93. The normalized spacial score (nSPS) is 12.9. The quantitative estimate of drug-likeness (QED) is 0.787. The van der Waals surface area contributed by atoms with E-state index in [4.69, 9.17) is 16.3 Å². The van der Waals surface area contributed by atoms with E-state index in [-0.39, 0.29) is 0 Å². The standard InChI is InChI=1S/C14H20ClN3O/c1-5-11-10-8-16-17-14(19-9(4)15)13(10)12(6-2)18(11)7-3/h8-9H,5-7H2,1-4H3. The molecule has 2 heterocycles. The molecule has 0 saturated carbocycles. The Morgan fingerprint density at radius 2 is 1.95 bits per heavy atom. The second-order valence-corrected chi connectivity index (χ2v) is 5.06. The number of fused-ring (bicyclic) bond motifs is 1. The molecular formula is C14H20ClN3O. The maximum Gasteiger partial charge on any atom is 0.244 e. The summed E-state index contributed by atoms with van der Waals surface area (Å²) in [5.41, 5.74) is 2.12. The summed E-state index contributed by atoms with van der Waals surface area (Å²) in [6.07, 6.45) is 3.72. The molecule has 0 aliphatic heterocycles. The topological polar surface area (TPSA) is 39.9 Å². The SMILES string of the molecule is CCc1c2cnnc(OC(C)Cl)c2c(CC)n1CC. The molecule has 0 aromatic carbocycles. The summed E-state index contributed by atoms with van der Waals surface area (Å²) in [5.74, 6) is 0.541. The molecule has 0 saturated heterocycles. The fourth-order valence-corrected chi connectivity index (χ4v) is 2.76. The first-order chi connectivity index (χ1) is 9.13. The number of hydrogen-bond donors (Lipinski definition) is 0. The average Bonchev–Trinajstić information content (AvgIpc) is 2.71. The third-order valence-corrected chi connectivity index (χ3v) is 3.42. The van der Waals surface area contributed by atoms with Gasteiger partial charge in [-0.1, -0.05) is 25.4 Å². The van der Waals surface area contributed by atoms with Gasteiger partial charge in [0.15, 0.2) is 5.56 Å². The van der Waals surface area contributed by atoms with Gasteiger partial charge in [-0.15, -0.1) is 5.10 Å². The van der Waals surface area contributed by atoms with Crippen molar-refractivity contribution in [2.75, 3.05) is 0 Å². The molecule has 2 aromatic heterocycles. The molecule has 19 heavy (non-hydrogen) atoms. The van der Waals surface area contributed by atoms with E-state index in [9.17, 15) is 0 Å². The van der Waals surface area contributed by atoms with Crippen LogP contribution in [0.25, 0.3) is 10.8 Å². The summed E-state index contributed by atoms with van der Waals surface area (Å²) in [7, 11) is 0. The van der Waals surface area contributed by atoms with Gasteiger partial charge in [0.1, 0.15) is 0 Å². The second kappa shape index (κ2) is 5.78. The third kappa shape index (κ3) is 2.41. The van der Waals surface area contributed by atoms with Gasteiger partial charge in [0.25, 0.3) is 0 Å². The number of alkyl halides is 1. The van der Waals surface area contributed by atoms with Crippen LogP contribution in [0.1, 0.15) is 39.1 Å². The van der Waals surface area contributed by atoms with Crippen molar-refractivity contribution < 1.29 is 4.74 Å². The zero-order chi connectivity index (χ0) is 14.0. The minimum Gasteiger partial charge on any atom is -0.457 e. The highest BCUT2D eigenvalue weighted by Crippen LogP contribution is 2.33. The number of ether oxygens (including phenoxy) is 1. The highest BCUT2D eigenvalue weighted by molar-refractivity contribution is 6.19.